The van der Waals surface area contributed by atoms with Gasteiger partial charge in [-0.25, -0.2) is 0 Å². The van der Waals surface area contributed by atoms with Crippen molar-refractivity contribution in [2.45, 2.75) is 66.1 Å². The van der Waals surface area contributed by atoms with Crippen molar-refractivity contribution in [3.05, 3.63) is 99.6 Å². The summed E-state index contributed by atoms with van der Waals surface area (Å²) < 4.78 is 6.04. The van der Waals surface area contributed by atoms with Crippen LogP contribution < -0.4 is 10.1 Å². The molecule has 0 fully saturated rings. The molecule has 0 saturated carbocycles. The number of hydrogen-bond donors (Lipinski definition) is 1. The lowest BCUT2D eigenvalue weighted by atomic mass is 10.0. The highest BCUT2D eigenvalue weighted by molar-refractivity contribution is 6.30. The molecule has 0 aliphatic rings. The van der Waals surface area contributed by atoms with E-state index in [1.165, 1.54) is 0 Å². The monoisotopic (exact) mass is 520 g/mol. The number of benzene rings is 3. The van der Waals surface area contributed by atoms with Crippen LogP contribution in [-0.2, 0) is 22.6 Å². The number of ether oxygens (including phenoxy) is 1. The van der Waals surface area contributed by atoms with E-state index in [9.17, 15) is 9.59 Å². The van der Waals surface area contributed by atoms with Gasteiger partial charge < -0.3 is 15.0 Å². The zero-order valence-electron chi connectivity index (χ0n) is 22.6. The highest BCUT2D eigenvalue weighted by atomic mass is 35.5. The summed E-state index contributed by atoms with van der Waals surface area (Å²) in [5.41, 5.74) is 4.56. The molecule has 6 heteroatoms. The lowest BCUT2D eigenvalue weighted by molar-refractivity contribution is -0.143. The van der Waals surface area contributed by atoms with Crippen molar-refractivity contribution in [2.24, 2.45) is 0 Å². The molecule has 0 aliphatic heterocycles. The van der Waals surface area contributed by atoms with Gasteiger partial charge in [0.25, 0.3) is 5.91 Å². The SMILES string of the molecule is Cc1cc(C)c(C)c(OCC(=O)N(Cc2ccc(Cl)cc2)[C@H](Cc2ccccc2)C(=O)NC(C)(C)C)c1. The van der Waals surface area contributed by atoms with Gasteiger partial charge in [0, 0.05) is 23.5 Å². The molecule has 0 radical (unpaired) electrons. The van der Waals surface area contributed by atoms with Crippen LogP contribution in [0.15, 0.2) is 66.7 Å². The van der Waals surface area contributed by atoms with Crippen LogP contribution in [0.5, 0.6) is 5.75 Å². The summed E-state index contributed by atoms with van der Waals surface area (Å²) in [5.74, 6) is 0.204. The second kappa shape index (κ2) is 12.3. The van der Waals surface area contributed by atoms with Gasteiger partial charge in [-0.15, -0.1) is 0 Å². The maximum atomic E-state index is 13.8. The number of nitrogens with zero attached hydrogens (tertiary/aromatic N) is 1. The van der Waals surface area contributed by atoms with Gasteiger partial charge >= 0.3 is 0 Å². The maximum Gasteiger partial charge on any atom is 0.261 e. The molecule has 3 aromatic rings. The van der Waals surface area contributed by atoms with E-state index in [4.69, 9.17) is 16.3 Å². The third-order valence-corrected chi connectivity index (χ3v) is 6.40. The smallest absolute Gasteiger partial charge is 0.261 e. The summed E-state index contributed by atoms with van der Waals surface area (Å²) in [7, 11) is 0. The molecule has 3 rings (SSSR count). The lowest BCUT2D eigenvalue weighted by Crippen LogP contribution is -2.55. The minimum Gasteiger partial charge on any atom is -0.483 e. The van der Waals surface area contributed by atoms with E-state index in [0.29, 0.717) is 17.2 Å². The Labute approximate surface area is 225 Å². The van der Waals surface area contributed by atoms with Crippen LogP contribution in [-0.4, -0.2) is 34.9 Å². The van der Waals surface area contributed by atoms with E-state index >= 15 is 0 Å². The zero-order chi connectivity index (χ0) is 27.2. The quantitative estimate of drug-likeness (QED) is 0.365. The lowest BCUT2D eigenvalue weighted by Gasteiger charge is -2.34. The van der Waals surface area contributed by atoms with Gasteiger partial charge in [-0.1, -0.05) is 60.1 Å². The first-order valence-electron chi connectivity index (χ1n) is 12.5. The zero-order valence-corrected chi connectivity index (χ0v) is 23.4. The summed E-state index contributed by atoms with van der Waals surface area (Å²) in [5, 5.41) is 3.69. The molecule has 0 heterocycles. The highest BCUT2D eigenvalue weighted by Gasteiger charge is 2.32. The Morgan fingerprint density at radius 2 is 1.59 bits per heavy atom. The minimum absolute atomic E-state index is 0.175. The number of amides is 2. The van der Waals surface area contributed by atoms with Gasteiger partial charge in [-0.2, -0.15) is 0 Å². The van der Waals surface area contributed by atoms with Crippen LogP contribution >= 0.6 is 11.6 Å². The second-order valence-electron chi connectivity index (χ2n) is 10.6. The number of rotatable bonds is 9. The van der Waals surface area contributed by atoms with E-state index in [-0.39, 0.29) is 25.0 Å². The second-order valence-corrected chi connectivity index (χ2v) is 11.0. The Morgan fingerprint density at radius 1 is 0.946 bits per heavy atom. The number of carbonyl (C=O) groups excluding carboxylic acids is 2. The number of carbonyl (C=O) groups is 2. The molecular weight excluding hydrogens is 484 g/mol. The number of hydrogen-bond acceptors (Lipinski definition) is 3. The number of halogens is 1. The summed E-state index contributed by atoms with van der Waals surface area (Å²) in [6, 6.07) is 20.4. The molecule has 3 aromatic carbocycles. The van der Waals surface area contributed by atoms with Gasteiger partial charge in [0.2, 0.25) is 5.91 Å². The fraction of sp³-hybridized carbons (Fsp3) is 0.355. The summed E-state index contributed by atoms with van der Waals surface area (Å²) in [4.78, 5) is 29.0. The van der Waals surface area contributed by atoms with Crippen LogP contribution in [0.1, 0.15) is 48.6 Å². The molecule has 2 amide bonds. The predicted octanol–water partition coefficient (Wildman–Crippen LogP) is 6.20. The molecule has 1 N–H and O–H groups in total. The van der Waals surface area contributed by atoms with E-state index in [0.717, 1.165) is 27.8 Å². The van der Waals surface area contributed by atoms with Crippen LogP contribution in [0.4, 0.5) is 0 Å². The first kappa shape index (κ1) is 28.3. The van der Waals surface area contributed by atoms with Gasteiger partial charge in [0.15, 0.2) is 6.61 Å². The number of nitrogens with one attached hydrogen (secondary N) is 1. The average molecular weight is 521 g/mol. The molecule has 37 heavy (non-hydrogen) atoms. The molecule has 0 saturated heterocycles. The molecule has 0 aromatic heterocycles. The van der Waals surface area contributed by atoms with Crippen molar-refractivity contribution >= 4 is 23.4 Å². The predicted molar refractivity (Wildman–Crippen MR) is 150 cm³/mol. The van der Waals surface area contributed by atoms with Crippen LogP contribution in [0.3, 0.4) is 0 Å². The highest BCUT2D eigenvalue weighted by Crippen LogP contribution is 2.24. The van der Waals surface area contributed by atoms with Crippen LogP contribution in [0.25, 0.3) is 0 Å². The Hall–Kier alpha value is -3.31. The Kier molecular flexibility index (Phi) is 9.39. The average Bonchev–Trinajstić information content (AvgIpc) is 2.83. The molecule has 1 atom stereocenters. The number of aryl methyl sites for hydroxylation is 2. The van der Waals surface area contributed by atoms with E-state index in [2.05, 4.69) is 11.4 Å². The van der Waals surface area contributed by atoms with Crippen molar-refractivity contribution < 1.29 is 14.3 Å². The molecule has 0 aliphatic carbocycles. The maximum absolute atomic E-state index is 13.8. The molecule has 0 spiro atoms. The topological polar surface area (TPSA) is 58.6 Å². The Bertz CT molecular complexity index is 1220. The van der Waals surface area contributed by atoms with Crippen molar-refractivity contribution in [3.8, 4) is 5.75 Å². The van der Waals surface area contributed by atoms with Gasteiger partial charge in [-0.05, 0) is 87.6 Å². The fourth-order valence-corrected chi connectivity index (χ4v) is 4.29. The van der Waals surface area contributed by atoms with Gasteiger partial charge in [-0.3, -0.25) is 9.59 Å². The molecule has 5 nitrogen and oxygen atoms in total. The normalized spacial score (nSPS) is 12.1. The summed E-state index contributed by atoms with van der Waals surface area (Å²) >= 11 is 6.10. The van der Waals surface area contributed by atoms with Crippen molar-refractivity contribution in [1.82, 2.24) is 10.2 Å². The largest absolute Gasteiger partial charge is 0.483 e. The van der Waals surface area contributed by atoms with E-state index < -0.39 is 11.6 Å². The van der Waals surface area contributed by atoms with Crippen LogP contribution in [0, 0.1) is 20.8 Å². The van der Waals surface area contributed by atoms with Gasteiger partial charge in [0.1, 0.15) is 11.8 Å². The van der Waals surface area contributed by atoms with E-state index in [1.54, 1.807) is 17.0 Å². The van der Waals surface area contributed by atoms with Gasteiger partial charge in [0.05, 0.1) is 0 Å². The molecule has 0 bridgehead atoms. The standard InChI is InChI=1S/C31H37ClN2O3/c1-21-16-22(2)23(3)28(17-21)37-20-29(35)34(19-25-12-14-26(32)15-13-25)27(30(36)33-31(4,5)6)18-24-10-8-7-9-11-24/h7-17,27H,18-20H2,1-6H3,(H,33,36)/t27-/m1/s1. The first-order chi connectivity index (χ1) is 17.4. The van der Waals surface area contributed by atoms with Crippen molar-refractivity contribution in [2.75, 3.05) is 6.61 Å². The van der Waals surface area contributed by atoms with Crippen molar-refractivity contribution in [3.63, 3.8) is 0 Å². The summed E-state index contributed by atoms with van der Waals surface area (Å²) in [6.45, 7) is 11.9. The Balaban J connectivity index is 1.95. The van der Waals surface area contributed by atoms with Crippen LogP contribution in [0.2, 0.25) is 5.02 Å². The third-order valence-electron chi connectivity index (χ3n) is 6.15. The molecule has 0 unspecified atom stereocenters. The summed E-state index contributed by atoms with van der Waals surface area (Å²) in [6.07, 6.45) is 0.380. The van der Waals surface area contributed by atoms with E-state index in [1.807, 2.05) is 90.1 Å². The molecule has 196 valence electrons. The fourth-order valence-electron chi connectivity index (χ4n) is 4.17. The Morgan fingerprint density at radius 3 is 2.22 bits per heavy atom. The first-order valence-corrected chi connectivity index (χ1v) is 12.9. The molecular formula is C31H37ClN2O3. The van der Waals surface area contributed by atoms with Crippen molar-refractivity contribution in [1.29, 1.82) is 0 Å². The third kappa shape index (κ3) is 8.36. The minimum atomic E-state index is -0.728.